The highest BCUT2D eigenvalue weighted by Crippen LogP contribution is 2.21. The van der Waals surface area contributed by atoms with Crippen molar-refractivity contribution in [3.8, 4) is 0 Å². The van der Waals surface area contributed by atoms with Crippen molar-refractivity contribution in [3.63, 3.8) is 0 Å². The molecule has 1 atom stereocenters. The average Bonchev–Trinajstić information content (AvgIpc) is 2.85. The van der Waals surface area contributed by atoms with Crippen LogP contribution >= 0.6 is 23.2 Å². The van der Waals surface area contributed by atoms with Gasteiger partial charge in [0.15, 0.2) is 0 Å². The van der Waals surface area contributed by atoms with Gasteiger partial charge in [0.2, 0.25) is 0 Å². The molecule has 0 saturated heterocycles. The minimum absolute atomic E-state index is 0.182. The van der Waals surface area contributed by atoms with Gasteiger partial charge < -0.3 is 10.6 Å². The number of nitrogens with zero attached hydrogens (tertiary/aromatic N) is 1. The zero-order valence-electron chi connectivity index (χ0n) is 18.7. The first kappa shape index (κ1) is 25.3. The number of amides is 2. The Hall–Kier alpha value is -3.35. The van der Waals surface area contributed by atoms with Crippen molar-refractivity contribution < 1.29 is 9.59 Å². The number of hydrogen-bond acceptors (Lipinski definition) is 4. The molecule has 3 N–H and O–H groups in total. The van der Waals surface area contributed by atoms with E-state index in [0.29, 0.717) is 40.8 Å². The van der Waals surface area contributed by atoms with E-state index in [2.05, 4.69) is 21.2 Å². The molecule has 3 aromatic carbocycles. The fraction of sp³-hybridized carbons (Fsp3) is 0.192. The summed E-state index contributed by atoms with van der Waals surface area (Å²) in [7, 11) is 0. The number of carbonyl (C=O) groups is 2. The highest BCUT2D eigenvalue weighted by Gasteiger charge is 2.11. The number of nitrogens with one attached hydrogen (secondary N) is 3. The molecule has 0 heterocycles. The maximum absolute atomic E-state index is 12.6. The van der Waals surface area contributed by atoms with Gasteiger partial charge in [0.25, 0.3) is 11.8 Å². The third kappa shape index (κ3) is 7.61. The molecule has 6 nitrogen and oxygen atoms in total. The molecule has 0 aliphatic carbocycles. The summed E-state index contributed by atoms with van der Waals surface area (Å²) in [5, 5.41) is 10.6. The summed E-state index contributed by atoms with van der Waals surface area (Å²) < 4.78 is 0. The molecule has 0 unspecified atom stereocenters. The van der Waals surface area contributed by atoms with E-state index < -0.39 is 0 Å². The lowest BCUT2D eigenvalue weighted by Crippen LogP contribution is -2.28. The first-order chi connectivity index (χ1) is 16.4. The van der Waals surface area contributed by atoms with Crippen molar-refractivity contribution in [2.45, 2.75) is 19.3 Å². The number of hydrazone groups is 1. The molecule has 0 aromatic heterocycles. The van der Waals surface area contributed by atoms with Crippen LogP contribution in [0.25, 0.3) is 0 Å². The Morgan fingerprint density at radius 3 is 2.44 bits per heavy atom. The lowest BCUT2D eigenvalue weighted by Gasteiger charge is -2.11. The number of halogens is 2. The lowest BCUT2D eigenvalue weighted by atomic mass is 10.0. The van der Waals surface area contributed by atoms with E-state index >= 15 is 0 Å². The van der Waals surface area contributed by atoms with Gasteiger partial charge in [-0.3, -0.25) is 15.0 Å². The summed E-state index contributed by atoms with van der Waals surface area (Å²) in [6.45, 7) is 2.95. The van der Waals surface area contributed by atoms with Gasteiger partial charge in [-0.1, -0.05) is 78.7 Å². The van der Waals surface area contributed by atoms with Gasteiger partial charge in [-0.2, -0.15) is 5.10 Å². The Balaban J connectivity index is 1.48. The van der Waals surface area contributed by atoms with Gasteiger partial charge in [0.05, 0.1) is 16.3 Å². The monoisotopic (exact) mass is 496 g/mol. The Morgan fingerprint density at radius 1 is 0.941 bits per heavy atom. The van der Waals surface area contributed by atoms with Crippen LogP contribution in [0.5, 0.6) is 0 Å². The molecule has 0 fully saturated rings. The number of hydrogen-bond donors (Lipinski definition) is 3. The summed E-state index contributed by atoms with van der Waals surface area (Å²) in [5.74, 6) is -0.444. The van der Waals surface area contributed by atoms with Crippen LogP contribution in [0.1, 0.15) is 34.3 Å². The maximum atomic E-state index is 12.6. The van der Waals surface area contributed by atoms with E-state index in [0.717, 1.165) is 17.3 Å². The van der Waals surface area contributed by atoms with Crippen LogP contribution in [0.4, 0.5) is 5.69 Å². The third-order valence-corrected chi connectivity index (χ3v) is 5.87. The van der Waals surface area contributed by atoms with Crippen molar-refractivity contribution in [3.05, 3.63) is 99.5 Å². The fourth-order valence-electron chi connectivity index (χ4n) is 3.24. The predicted molar refractivity (Wildman–Crippen MR) is 139 cm³/mol. The topological polar surface area (TPSA) is 82.6 Å². The van der Waals surface area contributed by atoms with Crippen LogP contribution in [0, 0.1) is 0 Å². The minimum atomic E-state index is -0.318. The Morgan fingerprint density at radius 2 is 1.68 bits per heavy atom. The number of benzene rings is 3. The van der Waals surface area contributed by atoms with Crippen molar-refractivity contribution >= 4 is 46.9 Å². The second-order valence-corrected chi connectivity index (χ2v) is 8.53. The van der Waals surface area contributed by atoms with Crippen molar-refractivity contribution in [1.82, 2.24) is 10.6 Å². The SMILES string of the molecule is C[C@H](CNC(=O)/C=N\Nc1ccc(Cl)c(C(=O)NCCc2ccccc2Cl)c1)c1ccccc1. The molecule has 8 heteroatoms. The Kier molecular flexibility index (Phi) is 9.50. The Bertz CT molecular complexity index is 1150. The van der Waals surface area contributed by atoms with Gasteiger partial charge in [-0.05, 0) is 47.7 Å². The summed E-state index contributed by atoms with van der Waals surface area (Å²) in [4.78, 5) is 24.6. The van der Waals surface area contributed by atoms with Gasteiger partial charge >= 0.3 is 0 Å². The fourth-order valence-corrected chi connectivity index (χ4v) is 3.67. The van der Waals surface area contributed by atoms with Crippen LogP contribution in [-0.4, -0.2) is 31.1 Å². The second-order valence-electron chi connectivity index (χ2n) is 7.72. The van der Waals surface area contributed by atoms with Crippen molar-refractivity contribution in [2.24, 2.45) is 5.10 Å². The van der Waals surface area contributed by atoms with E-state index in [9.17, 15) is 9.59 Å². The maximum Gasteiger partial charge on any atom is 0.264 e. The van der Waals surface area contributed by atoms with E-state index in [4.69, 9.17) is 23.2 Å². The molecule has 176 valence electrons. The molecule has 0 bridgehead atoms. The van der Waals surface area contributed by atoms with Crippen LogP contribution in [-0.2, 0) is 11.2 Å². The average molecular weight is 497 g/mol. The smallest absolute Gasteiger partial charge is 0.264 e. The molecular formula is C26H26Cl2N4O2. The molecule has 3 aromatic rings. The standard InChI is InChI=1S/C26H26Cl2N4O2/c1-18(19-7-3-2-4-8-19)16-30-25(33)17-31-32-21-11-12-24(28)22(15-21)26(34)29-14-13-20-9-5-6-10-23(20)27/h2-12,15,17-18,32H,13-14,16H2,1H3,(H,29,34)(H,30,33)/b31-17-/t18-/m1/s1. The quantitative estimate of drug-likeness (QED) is 0.263. The van der Waals surface area contributed by atoms with E-state index in [-0.39, 0.29) is 17.7 Å². The number of carbonyl (C=O) groups excluding carboxylic acids is 2. The van der Waals surface area contributed by atoms with Crippen LogP contribution < -0.4 is 16.1 Å². The number of rotatable bonds is 10. The number of anilines is 1. The van der Waals surface area contributed by atoms with Gasteiger partial charge in [-0.15, -0.1) is 0 Å². The van der Waals surface area contributed by atoms with Gasteiger partial charge in [0, 0.05) is 18.1 Å². The van der Waals surface area contributed by atoms with Crippen LogP contribution in [0.2, 0.25) is 10.0 Å². The normalized spacial score (nSPS) is 11.7. The van der Waals surface area contributed by atoms with Gasteiger partial charge in [0.1, 0.15) is 6.21 Å². The molecule has 2 amide bonds. The Labute approximate surface area is 209 Å². The van der Waals surface area contributed by atoms with E-state index in [1.807, 2.05) is 61.5 Å². The molecule has 0 spiro atoms. The zero-order valence-corrected chi connectivity index (χ0v) is 20.2. The summed E-state index contributed by atoms with van der Waals surface area (Å²) in [6, 6.07) is 22.3. The summed E-state index contributed by atoms with van der Waals surface area (Å²) in [6.07, 6.45) is 1.76. The minimum Gasteiger partial charge on any atom is -0.352 e. The first-order valence-corrected chi connectivity index (χ1v) is 11.6. The molecule has 3 rings (SSSR count). The molecule has 0 saturated carbocycles. The molecule has 0 aliphatic rings. The highest BCUT2D eigenvalue weighted by atomic mass is 35.5. The van der Waals surface area contributed by atoms with E-state index in [1.165, 1.54) is 0 Å². The highest BCUT2D eigenvalue weighted by molar-refractivity contribution is 6.34. The van der Waals surface area contributed by atoms with Crippen LogP contribution in [0.15, 0.2) is 77.9 Å². The summed E-state index contributed by atoms with van der Waals surface area (Å²) >= 11 is 12.4. The molecular weight excluding hydrogens is 471 g/mol. The van der Waals surface area contributed by atoms with Gasteiger partial charge in [-0.25, -0.2) is 0 Å². The second kappa shape index (κ2) is 12.8. The molecule has 34 heavy (non-hydrogen) atoms. The van der Waals surface area contributed by atoms with E-state index in [1.54, 1.807) is 18.2 Å². The largest absolute Gasteiger partial charge is 0.352 e. The zero-order chi connectivity index (χ0) is 24.3. The predicted octanol–water partition coefficient (Wildman–Crippen LogP) is 5.28. The van der Waals surface area contributed by atoms with Crippen molar-refractivity contribution in [2.75, 3.05) is 18.5 Å². The third-order valence-electron chi connectivity index (χ3n) is 5.18. The molecule has 0 radical (unpaired) electrons. The summed E-state index contributed by atoms with van der Waals surface area (Å²) in [5.41, 5.74) is 5.70. The first-order valence-electron chi connectivity index (χ1n) is 10.9. The van der Waals surface area contributed by atoms with Crippen LogP contribution in [0.3, 0.4) is 0 Å². The lowest BCUT2D eigenvalue weighted by molar-refractivity contribution is -0.114. The molecule has 0 aliphatic heterocycles. The van der Waals surface area contributed by atoms with Crippen molar-refractivity contribution in [1.29, 1.82) is 0 Å².